The molecule has 2 rings (SSSR count). The summed E-state index contributed by atoms with van der Waals surface area (Å²) in [6, 6.07) is 9.25. The molecule has 18 heavy (non-hydrogen) atoms. The molecule has 0 aliphatic rings. The van der Waals surface area contributed by atoms with Crippen molar-refractivity contribution in [3.63, 3.8) is 0 Å². The van der Waals surface area contributed by atoms with E-state index in [1.165, 1.54) is 11.3 Å². The van der Waals surface area contributed by atoms with Crippen LogP contribution in [0, 0.1) is 6.92 Å². The van der Waals surface area contributed by atoms with Crippen LogP contribution in [-0.2, 0) is 0 Å². The maximum absolute atomic E-state index is 12.2. The van der Waals surface area contributed by atoms with E-state index in [1.807, 2.05) is 38.1 Å². The van der Waals surface area contributed by atoms with E-state index < -0.39 is 0 Å². The Hall–Kier alpha value is -1.13. The molecule has 0 radical (unpaired) electrons. The molecule has 0 spiro atoms. The Kier molecular flexibility index (Phi) is 4.19. The minimum Gasteiger partial charge on any atom is -0.493 e. The molecule has 0 N–H and O–H groups in total. The van der Waals surface area contributed by atoms with Crippen LogP contribution in [0.25, 0.3) is 0 Å². The van der Waals surface area contributed by atoms with Crippen LogP contribution in [-0.4, -0.2) is 12.4 Å². The van der Waals surface area contributed by atoms with Gasteiger partial charge in [0.25, 0.3) is 0 Å². The topological polar surface area (TPSA) is 26.3 Å². The van der Waals surface area contributed by atoms with Gasteiger partial charge in [-0.05, 0) is 60.1 Å². The van der Waals surface area contributed by atoms with Gasteiger partial charge in [-0.15, -0.1) is 11.3 Å². The quantitative estimate of drug-likeness (QED) is 0.777. The summed E-state index contributed by atoms with van der Waals surface area (Å²) in [6.07, 6.45) is 0. The third-order valence-corrected chi connectivity index (χ3v) is 4.08. The maximum atomic E-state index is 12.2. The van der Waals surface area contributed by atoms with Gasteiger partial charge in [0.1, 0.15) is 5.75 Å². The molecule has 0 aliphatic heterocycles. The van der Waals surface area contributed by atoms with E-state index in [0.717, 1.165) is 20.0 Å². The average molecular weight is 325 g/mol. The predicted molar refractivity (Wildman–Crippen MR) is 77.8 cm³/mol. The largest absolute Gasteiger partial charge is 0.493 e. The summed E-state index contributed by atoms with van der Waals surface area (Å²) < 4.78 is 6.23. The van der Waals surface area contributed by atoms with Crippen molar-refractivity contribution in [2.75, 3.05) is 6.61 Å². The van der Waals surface area contributed by atoms with Gasteiger partial charge in [0.05, 0.1) is 16.0 Å². The van der Waals surface area contributed by atoms with Gasteiger partial charge in [0.2, 0.25) is 5.78 Å². The van der Waals surface area contributed by atoms with Gasteiger partial charge in [-0.3, -0.25) is 4.79 Å². The highest BCUT2D eigenvalue weighted by molar-refractivity contribution is 9.10. The third-order valence-electron chi connectivity index (χ3n) is 2.46. The smallest absolute Gasteiger partial charge is 0.202 e. The molecule has 0 saturated carbocycles. The van der Waals surface area contributed by atoms with Crippen LogP contribution in [0.2, 0.25) is 0 Å². The molecule has 1 aromatic heterocycles. The molecule has 0 amide bonds. The highest BCUT2D eigenvalue weighted by atomic mass is 79.9. The second-order valence-corrected chi connectivity index (χ2v) is 5.96. The molecule has 0 atom stereocenters. The fourth-order valence-corrected chi connectivity index (χ4v) is 2.94. The summed E-state index contributed by atoms with van der Waals surface area (Å²) >= 11 is 4.94. The van der Waals surface area contributed by atoms with Crippen LogP contribution in [0.5, 0.6) is 5.75 Å². The molecule has 0 unspecified atom stereocenters. The zero-order valence-electron chi connectivity index (χ0n) is 10.2. The van der Waals surface area contributed by atoms with Crippen molar-refractivity contribution < 1.29 is 9.53 Å². The zero-order chi connectivity index (χ0) is 13.1. The Morgan fingerprint density at radius 3 is 2.67 bits per heavy atom. The Labute approximate surface area is 119 Å². The number of ether oxygens (including phenoxy) is 1. The van der Waals surface area contributed by atoms with E-state index in [9.17, 15) is 4.79 Å². The van der Waals surface area contributed by atoms with E-state index in [1.54, 1.807) is 6.07 Å². The summed E-state index contributed by atoms with van der Waals surface area (Å²) in [5.41, 5.74) is 0.673. The first kappa shape index (κ1) is 13.3. The van der Waals surface area contributed by atoms with Gasteiger partial charge in [-0.25, -0.2) is 0 Å². The number of hydrogen-bond acceptors (Lipinski definition) is 3. The normalized spacial score (nSPS) is 10.4. The number of benzene rings is 1. The average Bonchev–Trinajstić information content (AvgIpc) is 2.78. The third kappa shape index (κ3) is 2.82. The van der Waals surface area contributed by atoms with E-state index in [0.29, 0.717) is 12.2 Å². The molecular formula is C14H13BrO2S. The molecule has 94 valence electrons. The summed E-state index contributed by atoms with van der Waals surface area (Å²) in [4.78, 5) is 14.1. The molecule has 1 heterocycles. The molecule has 0 fully saturated rings. The first-order valence-electron chi connectivity index (χ1n) is 5.65. The Bertz CT molecular complexity index is 575. The minimum atomic E-state index is 0.0526. The molecule has 2 aromatic rings. The first-order chi connectivity index (χ1) is 8.61. The lowest BCUT2D eigenvalue weighted by molar-refractivity contribution is 0.104. The van der Waals surface area contributed by atoms with Crippen molar-refractivity contribution in [2.45, 2.75) is 13.8 Å². The van der Waals surface area contributed by atoms with Crippen LogP contribution >= 0.6 is 27.3 Å². The fraction of sp³-hybridized carbons (Fsp3) is 0.214. The van der Waals surface area contributed by atoms with Gasteiger partial charge in [-0.2, -0.15) is 0 Å². The number of aryl methyl sites for hydroxylation is 1. The van der Waals surface area contributed by atoms with Gasteiger partial charge < -0.3 is 4.74 Å². The molecule has 0 bridgehead atoms. The standard InChI is InChI=1S/C14H13BrO2S/c1-3-17-12-6-5-10(8-11(12)15)14(16)13-7-4-9(2)18-13/h4-8H,3H2,1-2H3. The lowest BCUT2D eigenvalue weighted by Gasteiger charge is -2.06. The van der Waals surface area contributed by atoms with Crippen molar-refractivity contribution in [1.82, 2.24) is 0 Å². The molecule has 1 aromatic carbocycles. The van der Waals surface area contributed by atoms with Crippen LogP contribution in [0.15, 0.2) is 34.8 Å². The first-order valence-corrected chi connectivity index (χ1v) is 7.26. The number of carbonyl (C=O) groups excluding carboxylic acids is 1. The molecule has 2 nitrogen and oxygen atoms in total. The number of halogens is 1. The van der Waals surface area contributed by atoms with Gasteiger partial charge >= 0.3 is 0 Å². The van der Waals surface area contributed by atoms with Crippen molar-refractivity contribution in [2.24, 2.45) is 0 Å². The van der Waals surface area contributed by atoms with Crippen molar-refractivity contribution >= 4 is 33.0 Å². The van der Waals surface area contributed by atoms with Crippen molar-refractivity contribution in [3.8, 4) is 5.75 Å². The lowest BCUT2D eigenvalue weighted by atomic mass is 10.1. The highest BCUT2D eigenvalue weighted by Crippen LogP contribution is 2.28. The van der Waals surface area contributed by atoms with Gasteiger partial charge in [0.15, 0.2) is 0 Å². The Morgan fingerprint density at radius 2 is 2.11 bits per heavy atom. The van der Waals surface area contributed by atoms with E-state index >= 15 is 0 Å². The molecule has 0 aliphatic carbocycles. The van der Waals surface area contributed by atoms with Crippen molar-refractivity contribution in [3.05, 3.63) is 50.1 Å². The summed E-state index contributed by atoms with van der Waals surface area (Å²) in [5.74, 6) is 0.813. The van der Waals surface area contributed by atoms with Crippen LogP contribution in [0.3, 0.4) is 0 Å². The summed E-state index contributed by atoms with van der Waals surface area (Å²) in [5, 5.41) is 0. The van der Waals surface area contributed by atoms with Gasteiger partial charge in [-0.1, -0.05) is 0 Å². The molecular weight excluding hydrogens is 312 g/mol. The van der Waals surface area contributed by atoms with Crippen LogP contribution in [0.1, 0.15) is 27.0 Å². The SMILES string of the molecule is CCOc1ccc(C(=O)c2ccc(C)s2)cc1Br. The summed E-state index contributed by atoms with van der Waals surface area (Å²) in [6.45, 7) is 4.53. The van der Waals surface area contributed by atoms with E-state index in [2.05, 4.69) is 15.9 Å². The van der Waals surface area contributed by atoms with Crippen LogP contribution < -0.4 is 4.74 Å². The molecule has 4 heteroatoms. The van der Waals surface area contributed by atoms with Crippen molar-refractivity contribution in [1.29, 1.82) is 0 Å². The summed E-state index contributed by atoms with van der Waals surface area (Å²) in [7, 11) is 0. The monoisotopic (exact) mass is 324 g/mol. The minimum absolute atomic E-state index is 0.0526. The highest BCUT2D eigenvalue weighted by Gasteiger charge is 2.13. The lowest BCUT2D eigenvalue weighted by Crippen LogP contribution is -1.99. The number of thiophene rings is 1. The van der Waals surface area contributed by atoms with E-state index in [4.69, 9.17) is 4.74 Å². The molecule has 0 saturated heterocycles. The second kappa shape index (κ2) is 5.67. The predicted octanol–water partition coefficient (Wildman–Crippen LogP) is 4.45. The fourth-order valence-electron chi connectivity index (χ4n) is 1.61. The maximum Gasteiger partial charge on any atom is 0.202 e. The Balaban J connectivity index is 2.29. The number of carbonyl (C=O) groups is 1. The van der Waals surface area contributed by atoms with E-state index in [-0.39, 0.29) is 5.78 Å². The van der Waals surface area contributed by atoms with Crippen LogP contribution in [0.4, 0.5) is 0 Å². The zero-order valence-corrected chi connectivity index (χ0v) is 12.6. The van der Waals surface area contributed by atoms with Gasteiger partial charge in [0, 0.05) is 10.4 Å². The second-order valence-electron chi connectivity index (χ2n) is 3.82. The number of rotatable bonds is 4. The number of ketones is 1. The number of hydrogen-bond donors (Lipinski definition) is 0. The Morgan fingerprint density at radius 1 is 1.33 bits per heavy atom.